The fraction of sp³-hybridized carbons (Fsp3) is 0.556. The smallest absolute Gasteiger partial charge is 0.353 e. The molecule has 7 nitrogen and oxygen atoms in total. The zero-order chi connectivity index (χ0) is 11.7. The van der Waals surface area contributed by atoms with E-state index in [2.05, 4.69) is 4.98 Å². The van der Waals surface area contributed by atoms with Crippen LogP contribution in [0.15, 0.2) is 11.0 Å². The fourth-order valence-electron chi connectivity index (χ4n) is 1.76. The van der Waals surface area contributed by atoms with E-state index >= 15 is 0 Å². The van der Waals surface area contributed by atoms with Crippen LogP contribution >= 0.6 is 0 Å². The minimum absolute atomic E-state index is 0.0958. The Bertz CT molecular complexity index is 449. The van der Waals surface area contributed by atoms with Crippen LogP contribution in [0.4, 0.5) is 0 Å². The lowest BCUT2D eigenvalue weighted by Gasteiger charge is -2.11. The molecule has 16 heavy (non-hydrogen) atoms. The first kappa shape index (κ1) is 10.9. The Labute approximate surface area is 90.3 Å². The fourth-order valence-corrected chi connectivity index (χ4v) is 1.76. The summed E-state index contributed by atoms with van der Waals surface area (Å²) in [5, 5.41) is 17.6. The normalized spacial score (nSPS) is 24.8. The first-order valence-corrected chi connectivity index (χ1v) is 4.92. The molecular formula is C9H12N2O5. The van der Waals surface area contributed by atoms with Crippen molar-refractivity contribution in [2.24, 2.45) is 0 Å². The Balaban J connectivity index is 2.21. The molecule has 1 aliphatic heterocycles. The average Bonchev–Trinajstić information content (AvgIpc) is 2.83. The molecule has 1 fully saturated rings. The number of H-pyrrole nitrogens is 1. The van der Waals surface area contributed by atoms with E-state index < -0.39 is 17.9 Å². The lowest BCUT2D eigenvalue weighted by molar-refractivity contribution is -0.0238. The van der Waals surface area contributed by atoms with E-state index in [0.717, 1.165) is 0 Å². The van der Waals surface area contributed by atoms with Crippen LogP contribution in [0.1, 0.15) is 29.6 Å². The van der Waals surface area contributed by atoms with Crippen LogP contribution < -0.4 is 5.69 Å². The van der Waals surface area contributed by atoms with Gasteiger partial charge in [-0.3, -0.25) is 9.55 Å². The van der Waals surface area contributed by atoms with Gasteiger partial charge >= 0.3 is 11.7 Å². The van der Waals surface area contributed by atoms with Crippen LogP contribution in [0.5, 0.6) is 0 Å². The number of imidazole rings is 1. The van der Waals surface area contributed by atoms with Gasteiger partial charge in [-0.2, -0.15) is 0 Å². The second-order valence-electron chi connectivity index (χ2n) is 3.66. The summed E-state index contributed by atoms with van der Waals surface area (Å²) >= 11 is 0. The Morgan fingerprint density at radius 2 is 2.38 bits per heavy atom. The van der Waals surface area contributed by atoms with Gasteiger partial charge in [-0.05, 0) is 12.8 Å². The van der Waals surface area contributed by atoms with Gasteiger partial charge in [0.25, 0.3) is 0 Å². The van der Waals surface area contributed by atoms with Crippen LogP contribution in [-0.2, 0) is 4.74 Å². The van der Waals surface area contributed by atoms with E-state index in [4.69, 9.17) is 14.9 Å². The van der Waals surface area contributed by atoms with Crippen LogP contribution in [0.2, 0.25) is 0 Å². The number of carbonyl (C=O) groups is 1. The summed E-state index contributed by atoms with van der Waals surface area (Å²) in [4.78, 5) is 24.3. The SMILES string of the molecule is O=C(O)c1cn(C2CCC(CO)O2)c(=O)[nH]1. The molecule has 0 saturated carbocycles. The Kier molecular flexibility index (Phi) is 2.80. The van der Waals surface area contributed by atoms with Gasteiger partial charge in [-0.15, -0.1) is 0 Å². The maximum Gasteiger partial charge on any atom is 0.353 e. The van der Waals surface area contributed by atoms with Crippen molar-refractivity contribution in [2.75, 3.05) is 6.61 Å². The van der Waals surface area contributed by atoms with E-state index in [1.165, 1.54) is 10.8 Å². The average molecular weight is 228 g/mol. The molecule has 0 amide bonds. The molecule has 1 aromatic rings. The zero-order valence-electron chi connectivity index (χ0n) is 8.42. The number of nitrogens with one attached hydrogen (secondary N) is 1. The van der Waals surface area contributed by atoms with Crippen molar-refractivity contribution in [1.29, 1.82) is 0 Å². The molecule has 0 radical (unpaired) electrons. The molecule has 0 spiro atoms. The number of aliphatic hydroxyl groups is 1. The molecular weight excluding hydrogens is 216 g/mol. The van der Waals surface area contributed by atoms with Crippen molar-refractivity contribution in [1.82, 2.24) is 9.55 Å². The highest BCUT2D eigenvalue weighted by Gasteiger charge is 2.27. The van der Waals surface area contributed by atoms with E-state index in [1.807, 2.05) is 0 Å². The molecule has 2 rings (SSSR count). The minimum Gasteiger partial charge on any atom is -0.477 e. The number of hydrogen-bond acceptors (Lipinski definition) is 4. The van der Waals surface area contributed by atoms with Crippen LogP contribution in [-0.4, -0.2) is 38.4 Å². The number of aromatic amines is 1. The first-order chi connectivity index (χ1) is 7.61. The molecule has 1 aromatic heterocycles. The second-order valence-corrected chi connectivity index (χ2v) is 3.66. The summed E-state index contributed by atoms with van der Waals surface area (Å²) in [6.45, 7) is -0.0958. The Hall–Kier alpha value is -1.60. The summed E-state index contributed by atoms with van der Waals surface area (Å²) in [5.41, 5.74) is -0.679. The third kappa shape index (κ3) is 1.86. The molecule has 1 aliphatic rings. The molecule has 2 unspecified atom stereocenters. The molecule has 2 atom stereocenters. The molecule has 0 aliphatic carbocycles. The molecule has 88 valence electrons. The molecule has 3 N–H and O–H groups in total. The van der Waals surface area contributed by atoms with Gasteiger partial charge in [0.1, 0.15) is 11.9 Å². The van der Waals surface area contributed by atoms with Crippen LogP contribution in [0, 0.1) is 0 Å². The van der Waals surface area contributed by atoms with Gasteiger partial charge in [-0.25, -0.2) is 9.59 Å². The summed E-state index contributed by atoms with van der Waals surface area (Å²) in [7, 11) is 0. The molecule has 0 aromatic carbocycles. The van der Waals surface area contributed by atoms with Crippen molar-refractivity contribution >= 4 is 5.97 Å². The summed E-state index contributed by atoms with van der Waals surface area (Å²) in [6, 6.07) is 0. The Morgan fingerprint density at radius 3 is 2.88 bits per heavy atom. The zero-order valence-corrected chi connectivity index (χ0v) is 8.42. The maximum atomic E-state index is 11.4. The van der Waals surface area contributed by atoms with Crippen molar-refractivity contribution < 1.29 is 19.7 Å². The number of aromatic nitrogens is 2. The van der Waals surface area contributed by atoms with Crippen molar-refractivity contribution in [2.45, 2.75) is 25.2 Å². The van der Waals surface area contributed by atoms with Crippen molar-refractivity contribution in [3.05, 3.63) is 22.4 Å². The highest BCUT2D eigenvalue weighted by atomic mass is 16.5. The van der Waals surface area contributed by atoms with E-state index in [-0.39, 0.29) is 18.4 Å². The highest BCUT2D eigenvalue weighted by Crippen LogP contribution is 2.26. The largest absolute Gasteiger partial charge is 0.477 e. The van der Waals surface area contributed by atoms with Gasteiger partial charge in [-0.1, -0.05) is 0 Å². The van der Waals surface area contributed by atoms with Gasteiger partial charge in [0, 0.05) is 6.20 Å². The predicted molar refractivity (Wildman–Crippen MR) is 52.2 cm³/mol. The third-order valence-corrected chi connectivity index (χ3v) is 2.57. The summed E-state index contributed by atoms with van der Waals surface area (Å²) in [6.07, 6.45) is 1.69. The predicted octanol–water partition coefficient (Wildman–Crippen LogP) is -0.456. The van der Waals surface area contributed by atoms with Crippen LogP contribution in [0.3, 0.4) is 0 Å². The number of nitrogens with zero attached hydrogens (tertiary/aromatic N) is 1. The van der Waals surface area contributed by atoms with Crippen molar-refractivity contribution in [3.8, 4) is 0 Å². The number of aromatic carboxylic acids is 1. The quantitative estimate of drug-likeness (QED) is 0.649. The van der Waals surface area contributed by atoms with Gasteiger partial charge in [0.15, 0.2) is 0 Å². The lowest BCUT2D eigenvalue weighted by atomic mass is 10.2. The summed E-state index contributed by atoms with van der Waals surface area (Å²) in [5.74, 6) is -1.19. The molecule has 0 bridgehead atoms. The van der Waals surface area contributed by atoms with Crippen molar-refractivity contribution in [3.63, 3.8) is 0 Å². The van der Waals surface area contributed by atoms with E-state index in [0.29, 0.717) is 12.8 Å². The Morgan fingerprint density at radius 1 is 1.62 bits per heavy atom. The van der Waals surface area contributed by atoms with E-state index in [9.17, 15) is 9.59 Å². The monoisotopic (exact) mass is 228 g/mol. The summed E-state index contributed by atoms with van der Waals surface area (Å²) < 4.78 is 6.58. The third-order valence-electron chi connectivity index (χ3n) is 2.57. The topological polar surface area (TPSA) is 105 Å². The number of carboxylic acids is 1. The number of carboxylic acid groups (broad SMARTS) is 1. The second kappa shape index (κ2) is 4.11. The van der Waals surface area contributed by atoms with E-state index in [1.54, 1.807) is 0 Å². The number of aliphatic hydroxyl groups excluding tert-OH is 1. The number of rotatable bonds is 3. The van der Waals surface area contributed by atoms with Gasteiger partial charge in [0.2, 0.25) is 0 Å². The number of hydrogen-bond donors (Lipinski definition) is 3. The van der Waals surface area contributed by atoms with Crippen LogP contribution in [0.25, 0.3) is 0 Å². The lowest BCUT2D eigenvalue weighted by Crippen LogP contribution is -2.22. The number of ether oxygens (including phenoxy) is 1. The standard InChI is InChI=1S/C9H12N2O5/c12-4-5-1-2-7(16-5)11-3-6(8(13)14)10-9(11)15/h3,5,7,12H,1-2,4H2,(H,10,15)(H,13,14). The maximum absolute atomic E-state index is 11.4. The molecule has 2 heterocycles. The molecule has 1 saturated heterocycles. The minimum atomic E-state index is -1.19. The highest BCUT2D eigenvalue weighted by molar-refractivity contribution is 5.84. The first-order valence-electron chi connectivity index (χ1n) is 4.92. The molecule has 7 heteroatoms. The van der Waals surface area contributed by atoms with Gasteiger partial charge in [0.05, 0.1) is 12.7 Å². The van der Waals surface area contributed by atoms with Gasteiger partial charge < -0.3 is 14.9 Å².